The van der Waals surface area contributed by atoms with Gasteiger partial charge in [-0.3, -0.25) is 0 Å². The van der Waals surface area contributed by atoms with Crippen molar-refractivity contribution in [2.24, 2.45) is 0 Å². The Bertz CT molecular complexity index is 2730. The molecule has 0 aliphatic carbocycles. The van der Waals surface area contributed by atoms with E-state index < -0.39 is 0 Å². The van der Waals surface area contributed by atoms with Gasteiger partial charge in [-0.15, -0.1) is 0 Å². The molecule has 0 saturated carbocycles. The minimum absolute atomic E-state index is 0.107. The molecule has 0 fully saturated rings. The molecule has 0 bridgehead atoms. The summed E-state index contributed by atoms with van der Waals surface area (Å²) in [4.78, 5) is 4.99. The van der Waals surface area contributed by atoms with Crippen molar-refractivity contribution in [3.05, 3.63) is 177 Å². The lowest BCUT2D eigenvalue weighted by Gasteiger charge is -2.32. The van der Waals surface area contributed by atoms with Crippen LogP contribution >= 0.6 is 0 Å². The summed E-state index contributed by atoms with van der Waals surface area (Å²) in [5.74, 6) is 0. The largest absolute Gasteiger partial charge is 0.310 e. The van der Waals surface area contributed by atoms with Crippen LogP contribution < -0.4 is 9.80 Å². The van der Waals surface area contributed by atoms with E-state index in [9.17, 15) is 0 Å². The van der Waals surface area contributed by atoms with Crippen LogP contribution in [0.3, 0.4) is 0 Å². The van der Waals surface area contributed by atoms with Crippen LogP contribution in [0.15, 0.2) is 127 Å². The normalized spacial score (nSPS) is 11.8. The zero-order valence-corrected chi connectivity index (χ0v) is 35.0. The molecule has 280 valence electrons. The van der Waals surface area contributed by atoms with Crippen LogP contribution in [0.5, 0.6) is 0 Å². The first-order chi connectivity index (χ1) is 26.7. The van der Waals surface area contributed by atoms with Gasteiger partial charge in [0.1, 0.15) is 0 Å². The summed E-state index contributed by atoms with van der Waals surface area (Å²) in [5.41, 5.74) is 18.6. The first kappa shape index (κ1) is 37.1. The molecule has 0 aliphatic heterocycles. The number of hydrogen-bond donors (Lipinski definition) is 0. The van der Waals surface area contributed by atoms with Gasteiger partial charge >= 0.3 is 0 Å². The lowest BCUT2D eigenvalue weighted by molar-refractivity contribution is 0.596. The summed E-state index contributed by atoms with van der Waals surface area (Å²) in [6.07, 6.45) is 0. The highest BCUT2D eigenvalue weighted by atomic mass is 15.2. The van der Waals surface area contributed by atoms with Crippen molar-refractivity contribution in [2.75, 3.05) is 9.80 Å². The Labute approximate surface area is 334 Å². The minimum Gasteiger partial charge on any atom is -0.310 e. The van der Waals surface area contributed by atoms with Gasteiger partial charge in [0, 0.05) is 33.5 Å². The van der Waals surface area contributed by atoms with Crippen LogP contribution in [0.1, 0.15) is 70.8 Å². The molecule has 0 spiro atoms. The highest BCUT2D eigenvalue weighted by Crippen LogP contribution is 2.50. The number of anilines is 6. The molecule has 0 aliphatic rings. The average Bonchev–Trinajstić information content (AvgIpc) is 3.17. The maximum Gasteiger partial charge on any atom is 0.0549 e. The van der Waals surface area contributed by atoms with Gasteiger partial charge in [0.2, 0.25) is 0 Å². The molecular weight excluding hydrogens is 677 g/mol. The Hall–Kier alpha value is -5.86. The van der Waals surface area contributed by atoms with Gasteiger partial charge in [-0.25, -0.2) is 0 Å². The van der Waals surface area contributed by atoms with Crippen molar-refractivity contribution in [1.29, 1.82) is 0 Å². The Kier molecular flexibility index (Phi) is 9.28. The lowest BCUT2D eigenvalue weighted by Crippen LogP contribution is -2.16. The lowest BCUT2D eigenvalue weighted by atomic mass is 9.81. The van der Waals surface area contributed by atoms with Gasteiger partial charge in [-0.05, 0) is 193 Å². The number of hydrogen-bond acceptors (Lipinski definition) is 2. The van der Waals surface area contributed by atoms with Crippen molar-refractivity contribution in [2.45, 2.75) is 81.6 Å². The second-order valence-electron chi connectivity index (χ2n) is 17.2. The van der Waals surface area contributed by atoms with Crippen molar-refractivity contribution in [3.63, 3.8) is 0 Å². The molecule has 56 heavy (non-hydrogen) atoms. The van der Waals surface area contributed by atoms with Crippen LogP contribution in [0.2, 0.25) is 0 Å². The van der Waals surface area contributed by atoms with E-state index in [4.69, 9.17) is 0 Å². The highest BCUT2D eigenvalue weighted by molar-refractivity contribution is 6.25. The topological polar surface area (TPSA) is 6.48 Å². The fraction of sp³-hybridized carbons (Fsp3) is 0.222. The molecular formula is C54H54N2. The molecule has 0 unspecified atom stereocenters. The summed E-state index contributed by atoms with van der Waals surface area (Å²) in [5, 5.41) is 7.50. The number of benzene rings is 8. The van der Waals surface area contributed by atoms with E-state index in [0.29, 0.717) is 0 Å². The SMILES string of the molecule is Cc1ccc(N(c2ccc(C)c(C)c2)c2cc3c4cccc(C(C)(C)C)c4c(N(c4ccc(C)c(C)c4)c4ccc(C)c(C)c4)cc3c3ccccc23)cc1C. The smallest absolute Gasteiger partial charge is 0.0549 e. The van der Waals surface area contributed by atoms with E-state index in [1.54, 1.807) is 0 Å². The molecule has 0 amide bonds. The summed E-state index contributed by atoms with van der Waals surface area (Å²) < 4.78 is 0. The zero-order chi connectivity index (χ0) is 39.6. The molecule has 8 rings (SSSR count). The van der Waals surface area contributed by atoms with E-state index >= 15 is 0 Å². The quantitative estimate of drug-likeness (QED) is 0.157. The molecule has 0 radical (unpaired) electrons. The van der Waals surface area contributed by atoms with E-state index in [-0.39, 0.29) is 5.41 Å². The van der Waals surface area contributed by atoms with Gasteiger partial charge in [-0.1, -0.05) is 87.5 Å². The molecule has 0 saturated heterocycles. The maximum absolute atomic E-state index is 2.51. The molecule has 2 heteroatoms. The second kappa shape index (κ2) is 14.0. The molecule has 0 N–H and O–H groups in total. The first-order valence-electron chi connectivity index (χ1n) is 20.0. The van der Waals surface area contributed by atoms with Crippen molar-refractivity contribution in [1.82, 2.24) is 0 Å². The molecule has 0 heterocycles. The third kappa shape index (κ3) is 6.41. The molecule has 8 aromatic rings. The molecule has 8 aromatic carbocycles. The Balaban J connectivity index is 1.54. The summed E-state index contributed by atoms with van der Waals surface area (Å²) in [6, 6.07) is 48.5. The summed E-state index contributed by atoms with van der Waals surface area (Å²) in [6.45, 7) is 24.7. The third-order valence-electron chi connectivity index (χ3n) is 12.2. The number of rotatable bonds is 6. The zero-order valence-electron chi connectivity index (χ0n) is 35.0. The number of aryl methyl sites for hydroxylation is 8. The van der Waals surface area contributed by atoms with Crippen LogP contribution in [-0.2, 0) is 5.41 Å². The standard InChI is InChI=1S/C54H54N2/c1-33-19-23-41(27-37(33)5)55(42-24-20-34(2)38(6)28-42)51-31-49-47-17-14-18-50(54(9,10)11)53(47)52(32-48(49)45-15-12-13-16-46(45)51)56(43-25-21-35(3)39(7)29-43)44-26-22-36(4)40(8)30-44/h12-32H,1-11H3. The highest BCUT2D eigenvalue weighted by Gasteiger charge is 2.26. The first-order valence-corrected chi connectivity index (χ1v) is 20.0. The van der Waals surface area contributed by atoms with E-state index in [1.165, 1.54) is 93.8 Å². The fourth-order valence-electron chi connectivity index (χ4n) is 8.32. The van der Waals surface area contributed by atoms with E-state index in [1.807, 2.05) is 0 Å². The van der Waals surface area contributed by atoms with E-state index in [0.717, 1.165) is 22.7 Å². The van der Waals surface area contributed by atoms with Crippen LogP contribution in [0, 0.1) is 55.4 Å². The van der Waals surface area contributed by atoms with Crippen LogP contribution in [0.25, 0.3) is 32.3 Å². The predicted molar refractivity (Wildman–Crippen MR) is 245 cm³/mol. The number of nitrogens with zero attached hydrogens (tertiary/aromatic N) is 2. The van der Waals surface area contributed by atoms with Crippen molar-refractivity contribution in [3.8, 4) is 0 Å². The molecule has 2 nitrogen and oxygen atoms in total. The minimum atomic E-state index is -0.107. The third-order valence-corrected chi connectivity index (χ3v) is 12.2. The van der Waals surface area contributed by atoms with E-state index in [2.05, 4.69) is 213 Å². The average molecular weight is 731 g/mol. The summed E-state index contributed by atoms with van der Waals surface area (Å²) in [7, 11) is 0. The van der Waals surface area contributed by atoms with Crippen LogP contribution in [0.4, 0.5) is 34.1 Å². The summed E-state index contributed by atoms with van der Waals surface area (Å²) >= 11 is 0. The van der Waals surface area contributed by atoms with Crippen LogP contribution in [-0.4, -0.2) is 0 Å². The fourth-order valence-corrected chi connectivity index (χ4v) is 8.32. The monoisotopic (exact) mass is 730 g/mol. The van der Waals surface area contributed by atoms with Gasteiger partial charge in [-0.2, -0.15) is 0 Å². The number of fused-ring (bicyclic) bond motifs is 5. The van der Waals surface area contributed by atoms with Gasteiger partial charge in [0.05, 0.1) is 11.4 Å². The Morgan fingerprint density at radius 3 is 1.12 bits per heavy atom. The molecule has 0 aromatic heterocycles. The molecule has 0 atom stereocenters. The Morgan fingerprint density at radius 1 is 0.321 bits per heavy atom. The van der Waals surface area contributed by atoms with Crippen molar-refractivity contribution >= 4 is 66.4 Å². The maximum atomic E-state index is 2.51. The van der Waals surface area contributed by atoms with Gasteiger partial charge in [0.25, 0.3) is 0 Å². The predicted octanol–water partition coefficient (Wildman–Crippen LogP) is 15.9. The second-order valence-corrected chi connectivity index (χ2v) is 17.2. The van der Waals surface area contributed by atoms with Crippen molar-refractivity contribution < 1.29 is 0 Å². The van der Waals surface area contributed by atoms with Gasteiger partial charge < -0.3 is 9.80 Å². The van der Waals surface area contributed by atoms with Gasteiger partial charge in [0.15, 0.2) is 0 Å². The Morgan fingerprint density at radius 2 is 0.696 bits per heavy atom.